The lowest BCUT2D eigenvalue weighted by molar-refractivity contribution is 0.412. The topological polar surface area (TPSA) is 241 Å². The number of nitrogens with zero attached hydrogens (tertiary/aromatic N) is 16. The van der Waals surface area contributed by atoms with E-state index in [0.29, 0.717) is 89.9 Å². The van der Waals surface area contributed by atoms with Gasteiger partial charge in [-0.25, -0.2) is 15.0 Å². The van der Waals surface area contributed by atoms with Crippen LogP contribution in [0.15, 0.2) is 235 Å². The standard InChI is InChI=1S/C24H22N6O2S.C24H21N5O2S.C23H19N5O3S/c1-16-10-11-21-25-17(13-22(31)29(21)14-16)15-33-24-27-26-23(19-8-6-12-28(19)2)30(24)18-7-4-5-9-20(18)32-3;1-16-11-12-21-25-18(13-22(30)28(21)14-16)15-32-24-27-26-23(17-7-3-4-8-17)29(24)19-9-5-6-10-20(19)31-2;1-15-7-8-20-24-17(11-21(29)27(20)12-15)14-32-23-26-25-22(16-9-10-31-13-16)28(23)18-5-3-4-6-19(18)30-2/h4-14H,15H2,1-3H3;3,5-14H,4,15H2,1-2H3;3-13H,14H2,1-2H3. The van der Waals surface area contributed by atoms with E-state index in [1.807, 2.05) is 180 Å². The predicted molar refractivity (Wildman–Crippen MR) is 375 cm³/mol. The number of aromatic nitrogens is 16. The number of fused-ring (bicyclic) bond motifs is 3. The minimum absolute atomic E-state index is 0.0950. The van der Waals surface area contributed by atoms with Crippen LogP contribution in [0.3, 0.4) is 0 Å². The Labute approximate surface area is 567 Å². The maximum atomic E-state index is 12.6. The second-order valence-electron chi connectivity index (χ2n) is 22.2. The number of aryl methyl sites for hydroxylation is 4. The molecular weight excluding hydrogens is 1290 g/mol. The molecule has 0 aliphatic heterocycles. The molecule has 0 N–H and O–H groups in total. The first kappa shape index (κ1) is 64.4. The highest BCUT2D eigenvalue weighted by atomic mass is 32.2. The first-order valence-electron chi connectivity index (χ1n) is 30.5. The second-order valence-corrected chi connectivity index (χ2v) is 25.0. The fourth-order valence-electron chi connectivity index (χ4n) is 10.8. The molecule has 23 nitrogen and oxygen atoms in total. The van der Waals surface area contributed by atoms with Crippen molar-refractivity contribution in [1.82, 2.24) is 77.0 Å². The molecule has 0 amide bonds. The number of benzene rings is 3. The van der Waals surface area contributed by atoms with Crippen molar-refractivity contribution in [3.63, 3.8) is 0 Å². The third kappa shape index (κ3) is 13.8. The smallest absolute Gasteiger partial charge is 0.258 e. The first-order valence-corrected chi connectivity index (χ1v) is 33.4. The number of hydrogen-bond donors (Lipinski definition) is 0. The van der Waals surface area contributed by atoms with Crippen LogP contribution in [0.5, 0.6) is 17.2 Å². The maximum absolute atomic E-state index is 12.6. The highest BCUT2D eigenvalue weighted by Gasteiger charge is 2.24. The SMILES string of the molecule is COc1ccccc1-n1c(SCc2cc(=O)n3cc(C)ccc3n2)nnc1-c1cccn1C.COc1ccccc1-n1c(SCc2cc(=O)n3cc(C)ccc3n2)nnc1-c1ccoc1.COc1ccccc1-n1c(SCc2cc(=O)n3cc(C)ccc3n2)nnc1C1=CCC=C1. The third-order valence-corrected chi connectivity index (χ3v) is 18.4. The summed E-state index contributed by atoms with van der Waals surface area (Å²) >= 11 is 4.40. The van der Waals surface area contributed by atoms with E-state index in [0.717, 1.165) is 68.6 Å². The van der Waals surface area contributed by atoms with Crippen molar-refractivity contribution in [2.75, 3.05) is 21.3 Å². The van der Waals surface area contributed by atoms with Gasteiger partial charge in [-0.3, -0.25) is 41.3 Å². The van der Waals surface area contributed by atoms with E-state index >= 15 is 0 Å². The maximum Gasteiger partial charge on any atom is 0.258 e. The number of thioether (sulfide) groups is 3. The van der Waals surface area contributed by atoms with Crippen LogP contribution in [-0.4, -0.2) is 98.3 Å². The zero-order valence-electron chi connectivity index (χ0n) is 53.6. The summed E-state index contributed by atoms with van der Waals surface area (Å²) in [5.74, 6) is 5.65. The van der Waals surface area contributed by atoms with Crippen molar-refractivity contribution >= 4 is 57.8 Å². The summed E-state index contributed by atoms with van der Waals surface area (Å²) in [5, 5.41) is 28.7. The van der Waals surface area contributed by atoms with Crippen LogP contribution < -0.4 is 30.9 Å². The van der Waals surface area contributed by atoms with Gasteiger partial charge in [-0.2, -0.15) is 0 Å². The van der Waals surface area contributed by atoms with Gasteiger partial charge in [0.2, 0.25) is 0 Å². The van der Waals surface area contributed by atoms with Crippen LogP contribution >= 0.6 is 35.3 Å². The summed E-state index contributed by atoms with van der Waals surface area (Å²) in [6.07, 6.45) is 17.7. The van der Waals surface area contributed by atoms with Gasteiger partial charge in [-0.15, -0.1) is 30.6 Å². The van der Waals surface area contributed by atoms with Crippen molar-refractivity contribution in [3.05, 3.63) is 272 Å². The van der Waals surface area contributed by atoms with Gasteiger partial charge in [0.25, 0.3) is 16.7 Å². The molecule has 0 radical (unpaired) electrons. The van der Waals surface area contributed by atoms with Crippen molar-refractivity contribution < 1.29 is 18.6 Å². The molecule has 0 atom stereocenters. The molecule has 26 heteroatoms. The molecule has 486 valence electrons. The van der Waals surface area contributed by atoms with Gasteiger partial charge in [0, 0.05) is 72.9 Å². The van der Waals surface area contributed by atoms with E-state index < -0.39 is 0 Å². The quantitative estimate of drug-likeness (QED) is 0.0725. The van der Waals surface area contributed by atoms with Crippen LogP contribution in [0.25, 0.3) is 62.5 Å². The highest BCUT2D eigenvalue weighted by Crippen LogP contribution is 2.37. The molecule has 0 bridgehead atoms. The third-order valence-electron chi connectivity index (χ3n) is 15.5. The highest BCUT2D eigenvalue weighted by molar-refractivity contribution is 7.98. The molecule has 97 heavy (non-hydrogen) atoms. The Hall–Kier alpha value is -11.4. The predicted octanol–water partition coefficient (Wildman–Crippen LogP) is 12.3. The van der Waals surface area contributed by atoms with Gasteiger partial charge in [0.1, 0.15) is 40.5 Å². The molecule has 0 fully saturated rings. The largest absolute Gasteiger partial charge is 0.495 e. The monoisotopic (exact) mass is 1350 g/mol. The van der Waals surface area contributed by atoms with Gasteiger partial charge >= 0.3 is 0 Å². The number of allylic oxidation sites excluding steroid dienone is 4. The lowest BCUT2D eigenvalue weighted by atomic mass is 10.2. The van der Waals surface area contributed by atoms with Crippen LogP contribution in [-0.2, 0) is 24.3 Å². The van der Waals surface area contributed by atoms with E-state index in [1.54, 1.807) is 83.8 Å². The van der Waals surface area contributed by atoms with Crippen molar-refractivity contribution in [2.24, 2.45) is 7.05 Å². The Morgan fingerprint density at radius 2 is 0.887 bits per heavy atom. The van der Waals surface area contributed by atoms with E-state index in [4.69, 9.17) is 18.6 Å². The van der Waals surface area contributed by atoms with Crippen molar-refractivity contribution in [2.45, 2.75) is 59.9 Å². The molecule has 0 spiro atoms. The molecule has 0 unspecified atom stereocenters. The molecule has 0 saturated carbocycles. The number of furan rings is 1. The summed E-state index contributed by atoms with van der Waals surface area (Å²) in [6, 6.07) is 45.1. The summed E-state index contributed by atoms with van der Waals surface area (Å²) in [5.41, 5.74) is 11.9. The molecule has 3 aromatic carbocycles. The van der Waals surface area contributed by atoms with Gasteiger partial charge in [-0.1, -0.05) is 108 Å². The van der Waals surface area contributed by atoms with Crippen LogP contribution in [0.1, 0.15) is 46.0 Å². The van der Waals surface area contributed by atoms with Gasteiger partial charge in [0.05, 0.1) is 73.0 Å². The molecule has 15 rings (SSSR count). The summed E-state index contributed by atoms with van der Waals surface area (Å²) in [6.45, 7) is 5.84. The minimum atomic E-state index is -0.111. The van der Waals surface area contributed by atoms with E-state index in [2.05, 4.69) is 63.8 Å². The summed E-state index contributed by atoms with van der Waals surface area (Å²) < 4.78 is 34.6. The van der Waals surface area contributed by atoms with Crippen molar-refractivity contribution in [3.8, 4) is 57.2 Å². The van der Waals surface area contributed by atoms with Crippen LogP contribution in [0, 0.1) is 20.8 Å². The van der Waals surface area contributed by atoms with E-state index in [1.165, 1.54) is 35.3 Å². The first-order chi connectivity index (χ1) is 47.3. The van der Waals surface area contributed by atoms with Crippen LogP contribution in [0.2, 0.25) is 0 Å². The second kappa shape index (κ2) is 28.7. The minimum Gasteiger partial charge on any atom is -0.495 e. The number of pyridine rings is 3. The van der Waals surface area contributed by atoms with Crippen molar-refractivity contribution in [1.29, 1.82) is 0 Å². The number of rotatable bonds is 18. The van der Waals surface area contributed by atoms with Gasteiger partial charge < -0.3 is 23.2 Å². The van der Waals surface area contributed by atoms with Gasteiger partial charge in [-0.05, 0) is 117 Å². The Morgan fingerprint density at radius 1 is 0.474 bits per heavy atom. The van der Waals surface area contributed by atoms with E-state index in [9.17, 15) is 14.4 Å². The van der Waals surface area contributed by atoms with E-state index in [-0.39, 0.29) is 16.7 Å². The molecular formula is C71H62N16O7S3. The number of para-hydroxylation sites is 6. The number of methoxy groups -OCH3 is 3. The number of hydrogen-bond acceptors (Lipinski definition) is 19. The lowest BCUT2D eigenvalue weighted by Crippen LogP contribution is -2.15. The molecule has 1 aliphatic rings. The molecule has 1 aliphatic carbocycles. The molecule has 0 saturated heterocycles. The summed E-state index contributed by atoms with van der Waals surface area (Å²) in [4.78, 5) is 51.6. The molecule has 14 aromatic rings. The Bertz CT molecular complexity index is 5470. The Balaban J connectivity index is 0.000000131. The fraction of sp³-hybridized carbons (Fsp3) is 0.155. The fourth-order valence-corrected chi connectivity index (χ4v) is 13.4. The van der Waals surface area contributed by atoms with Gasteiger partial charge in [0.15, 0.2) is 32.9 Å². The molecule has 11 aromatic heterocycles. The zero-order chi connectivity index (χ0) is 67.1. The Kier molecular flexibility index (Phi) is 19.0. The number of ether oxygens (including phenoxy) is 3. The normalized spacial score (nSPS) is 11.8. The van der Waals surface area contributed by atoms with Crippen LogP contribution in [0.4, 0.5) is 0 Å². The lowest BCUT2D eigenvalue weighted by Gasteiger charge is -2.14. The average Bonchev–Trinajstić information content (AvgIpc) is 1.72. The zero-order valence-corrected chi connectivity index (χ0v) is 56.1. The molecule has 11 heterocycles. The Morgan fingerprint density at radius 3 is 1.28 bits per heavy atom. The summed E-state index contributed by atoms with van der Waals surface area (Å²) in [7, 11) is 6.89. The average molecular weight is 1350 g/mol.